The van der Waals surface area contributed by atoms with Gasteiger partial charge in [0.05, 0.1) is 5.69 Å². The molecule has 0 unspecified atom stereocenters. The number of rotatable bonds is 5. The van der Waals surface area contributed by atoms with Gasteiger partial charge in [-0.05, 0) is 71.9 Å². The highest BCUT2D eigenvalue weighted by Crippen LogP contribution is 2.35. The molecule has 0 spiro atoms. The van der Waals surface area contributed by atoms with E-state index < -0.39 is 15.7 Å². The summed E-state index contributed by atoms with van der Waals surface area (Å²) in [5.74, 6) is -0.0419. The van der Waals surface area contributed by atoms with Crippen molar-refractivity contribution in [2.45, 2.75) is 30.6 Å². The highest BCUT2D eigenvalue weighted by molar-refractivity contribution is 7.87. The van der Waals surface area contributed by atoms with Crippen LogP contribution in [0.2, 0.25) is 0 Å². The van der Waals surface area contributed by atoms with E-state index in [1.54, 1.807) is 37.3 Å². The maximum absolute atomic E-state index is 12.9. The minimum atomic E-state index is -4.19. The largest absolute Gasteiger partial charge is 0.357 e. The first-order valence-electron chi connectivity index (χ1n) is 11.5. The van der Waals surface area contributed by atoms with E-state index in [2.05, 4.69) is 36.4 Å². The third kappa shape index (κ3) is 4.70. The van der Waals surface area contributed by atoms with Gasteiger partial charge in [0.2, 0.25) is 0 Å². The summed E-state index contributed by atoms with van der Waals surface area (Å²) >= 11 is 0. The molecule has 1 heterocycles. The Morgan fingerprint density at radius 3 is 2.03 bits per heavy atom. The molecule has 0 N–H and O–H groups in total. The van der Waals surface area contributed by atoms with Crippen LogP contribution in [-0.2, 0) is 23.0 Å². The van der Waals surface area contributed by atoms with E-state index in [1.807, 2.05) is 18.2 Å². The lowest BCUT2D eigenvalue weighted by molar-refractivity contribution is 0.264. The number of pyridine rings is 1. The number of hydrogen-bond acceptors (Lipinski definition) is 4. The van der Waals surface area contributed by atoms with E-state index in [0.29, 0.717) is 11.3 Å². The van der Waals surface area contributed by atoms with Crippen molar-refractivity contribution in [3.63, 3.8) is 0 Å². The van der Waals surface area contributed by atoms with Crippen molar-refractivity contribution in [3.05, 3.63) is 141 Å². The summed E-state index contributed by atoms with van der Waals surface area (Å²) in [7, 11) is -4.19. The Morgan fingerprint density at radius 1 is 0.829 bits per heavy atom. The van der Waals surface area contributed by atoms with Gasteiger partial charge in [-0.1, -0.05) is 72.8 Å². The molecule has 1 aromatic heterocycles. The van der Waals surface area contributed by atoms with Gasteiger partial charge in [-0.15, -0.1) is 4.73 Å². The molecule has 0 fully saturated rings. The second kappa shape index (κ2) is 9.39. The molecule has 0 radical (unpaired) electrons. The van der Waals surface area contributed by atoms with Gasteiger partial charge in [0.1, 0.15) is 4.90 Å². The van der Waals surface area contributed by atoms with Crippen LogP contribution >= 0.6 is 0 Å². The quantitative estimate of drug-likeness (QED) is 0.404. The van der Waals surface area contributed by atoms with Crippen LogP contribution in [0.15, 0.2) is 107 Å². The lowest BCUT2D eigenvalue weighted by Gasteiger charge is -2.17. The molecule has 1 aliphatic rings. The van der Waals surface area contributed by atoms with Gasteiger partial charge in [-0.25, -0.2) is 0 Å². The van der Waals surface area contributed by atoms with Crippen molar-refractivity contribution in [1.82, 2.24) is 4.73 Å². The van der Waals surface area contributed by atoms with Crippen LogP contribution in [0, 0.1) is 6.92 Å². The number of aromatic nitrogens is 1. The molecule has 0 atom stereocenters. The van der Waals surface area contributed by atoms with Gasteiger partial charge in [0, 0.05) is 12.0 Å². The number of allylic oxidation sites excluding steroid dienone is 1. The number of nitrogens with zero attached hydrogens (tertiary/aromatic N) is 1. The van der Waals surface area contributed by atoms with E-state index in [4.69, 9.17) is 4.28 Å². The predicted molar refractivity (Wildman–Crippen MR) is 137 cm³/mol. The lowest BCUT2D eigenvalue weighted by Crippen LogP contribution is -2.32. The third-order valence-electron chi connectivity index (χ3n) is 6.27. The first-order chi connectivity index (χ1) is 16.9. The van der Waals surface area contributed by atoms with Gasteiger partial charge in [0.25, 0.3) is 5.56 Å². The molecule has 6 heteroatoms. The topological polar surface area (TPSA) is 65.4 Å². The zero-order valence-electron chi connectivity index (χ0n) is 19.3. The first kappa shape index (κ1) is 22.9. The van der Waals surface area contributed by atoms with E-state index in [0.717, 1.165) is 17.6 Å². The summed E-state index contributed by atoms with van der Waals surface area (Å²) in [4.78, 5) is 12.8. The van der Waals surface area contributed by atoms with Crippen LogP contribution in [0.5, 0.6) is 0 Å². The van der Waals surface area contributed by atoms with Crippen LogP contribution < -0.4 is 9.84 Å². The third-order valence-corrected chi connectivity index (χ3v) is 7.46. The SMILES string of the molecule is Cc1cc(C=CC2c3ccccc3CCc3ccccc32)n(OS(=O)(=O)c2ccccc2)c(=O)c1. The van der Waals surface area contributed by atoms with Gasteiger partial charge >= 0.3 is 10.1 Å². The van der Waals surface area contributed by atoms with Crippen LogP contribution in [0.4, 0.5) is 0 Å². The molecule has 0 aliphatic heterocycles. The molecule has 5 nitrogen and oxygen atoms in total. The Balaban J connectivity index is 1.60. The van der Waals surface area contributed by atoms with Crippen molar-refractivity contribution in [2.75, 3.05) is 0 Å². The molecular formula is C29H25NO4S. The Labute approximate surface area is 205 Å². The highest BCUT2D eigenvalue weighted by atomic mass is 32.2. The molecular weight excluding hydrogens is 458 g/mol. The average Bonchev–Trinajstić information content (AvgIpc) is 3.02. The lowest BCUT2D eigenvalue weighted by atomic mass is 9.87. The molecule has 4 aromatic rings. The number of benzene rings is 3. The van der Waals surface area contributed by atoms with Gasteiger partial charge in [-0.2, -0.15) is 8.42 Å². The van der Waals surface area contributed by atoms with Crippen molar-refractivity contribution >= 4 is 16.2 Å². The molecule has 5 rings (SSSR count). The minimum absolute atomic E-state index is 0.0194. The Bertz CT molecular complexity index is 1520. The summed E-state index contributed by atoms with van der Waals surface area (Å²) in [5.41, 5.74) is 5.49. The van der Waals surface area contributed by atoms with Gasteiger partial charge in [0.15, 0.2) is 0 Å². The van der Waals surface area contributed by atoms with Crippen molar-refractivity contribution in [1.29, 1.82) is 0 Å². The second-order valence-electron chi connectivity index (χ2n) is 8.67. The molecule has 0 amide bonds. The molecule has 176 valence electrons. The normalized spacial score (nSPS) is 13.7. The van der Waals surface area contributed by atoms with Gasteiger partial charge in [-0.3, -0.25) is 9.08 Å². The molecule has 1 aliphatic carbocycles. The van der Waals surface area contributed by atoms with Crippen molar-refractivity contribution in [2.24, 2.45) is 0 Å². The zero-order valence-corrected chi connectivity index (χ0v) is 20.1. The van der Waals surface area contributed by atoms with E-state index in [-0.39, 0.29) is 10.8 Å². The zero-order chi connectivity index (χ0) is 24.4. The molecule has 0 saturated carbocycles. The van der Waals surface area contributed by atoms with Crippen LogP contribution in [0.25, 0.3) is 6.08 Å². The molecule has 35 heavy (non-hydrogen) atoms. The number of fused-ring (bicyclic) bond motifs is 2. The van der Waals surface area contributed by atoms with Crippen LogP contribution in [0.1, 0.15) is 39.4 Å². The first-order valence-corrected chi connectivity index (χ1v) is 12.9. The van der Waals surface area contributed by atoms with E-state index in [1.165, 1.54) is 40.5 Å². The molecule has 3 aromatic carbocycles. The van der Waals surface area contributed by atoms with Crippen molar-refractivity contribution in [3.8, 4) is 0 Å². The van der Waals surface area contributed by atoms with Crippen LogP contribution in [-0.4, -0.2) is 13.1 Å². The maximum atomic E-state index is 12.9. The number of aryl methyl sites for hydroxylation is 3. The maximum Gasteiger partial charge on any atom is 0.357 e. The average molecular weight is 484 g/mol. The fourth-order valence-electron chi connectivity index (χ4n) is 4.61. The standard InChI is InChI=1S/C29H25NO4S/c1-21-19-24(30(29(31)20-21)34-35(32,33)25-11-3-2-4-12-25)17-18-28-26-13-7-5-9-22(26)15-16-23-10-6-8-14-27(23)28/h2-14,17-20,28H,15-16H2,1H3. The second-order valence-corrected chi connectivity index (χ2v) is 10.2. The highest BCUT2D eigenvalue weighted by Gasteiger charge is 2.22. The molecule has 0 bridgehead atoms. The number of hydrogen-bond donors (Lipinski definition) is 0. The fourth-order valence-corrected chi connectivity index (χ4v) is 5.54. The Kier molecular flexibility index (Phi) is 6.14. The monoisotopic (exact) mass is 483 g/mol. The predicted octanol–water partition coefficient (Wildman–Crippen LogP) is 4.92. The summed E-state index contributed by atoms with van der Waals surface area (Å²) in [5, 5.41) is 0. The van der Waals surface area contributed by atoms with Crippen LogP contribution in [0.3, 0.4) is 0 Å². The summed E-state index contributed by atoms with van der Waals surface area (Å²) in [6, 6.07) is 27.6. The fraction of sp³-hybridized carbons (Fsp3) is 0.138. The van der Waals surface area contributed by atoms with E-state index in [9.17, 15) is 13.2 Å². The summed E-state index contributed by atoms with van der Waals surface area (Å²) < 4.78 is 31.9. The summed E-state index contributed by atoms with van der Waals surface area (Å²) in [6.45, 7) is 1.80. The van der Waals surface area contributed by atoms with E-state index >= 15 is 0 Å². The Hall–Kier alpha value is -3.90. The smallest absolute Gasteiger partial charge is 0.280 e. The minimum Gasteiger partial charge on any atom is -0.280 e. The van der Waals surface area contributed by atoms with Crippen molar-refractivity contribution < 1.29 is 12.7 Å². The summed E-state index contributed by atoms with van der Waals surface area (Å²) in [6.07, 6.45) is 5.70. The van der Waals surface area contributed by atoms with Gasteiger partial charge < -0.3 is 0 Å². The Morgan fingerprint density at radius 2 is 1.40 bits per heavy atom. The molecule has 0 saturated heterocycles.